The van der Waals surface area contributed by atoms with Crippen LogP contribution < -0.4 is 0 Å². The van der Waals surface area contributed by atoms with Gasteiger partial charge in [-0.3, -0.25) is 0 Å². The van der Waals surface area contributed by atoms with Crippen LogP contribution in [0.5, 0.6) is 0 Å². The highest BCUT2D eigenvalue weighted by Crippen LogP contribution is 1.96. The van der Waals surface area contributed by atoms with E-state index in [2.05, 4.69) is 18.4 Å². The monoisotopic (exact) mass is 171 g/mol. The normalized spacial score (nSPS) is 10.6. The summed E-state index contributed by atoms with van der Waals surface area (Å²) < 4.78 is 0. The van der Waals surface area contributed by atoms with Crippen molar-refractivity contribution in [1.82, 2.24) is 4.90 Å². The minimum atomic E-state index is 0.265. The molecule has 0 aliphatic heterocycles. The zero-order valence-electron chi connectivity index (χ0n) is 8.13. The van der Waals surface area contributed by atoms with Crippen molar-refractivity contribution in [2.75, 3.05) is 26.2 Å². The van der Waals surface area contributed by atoms with Crippen LogP contribution >= 0.6 is 0 Å². The molecular weight excluding hydrogens is 150 g/mol. The van der Waals surface area contributed by atoms with E-state index in [0.29, 0.717) is 0 Å². The first-order valence-corrected chi connectivity index (χ1v) is 4.79. The van der Waals surface area contributed by atoms with Crippen molar-refractivity contribution in [2.45, 2.75) is 26.2 Å². The smallest absolute Gasteiger partial charge is 0.0558 e. The van der Waals surface area contributed by atoms with E-state index in [1.165, 1.54) is 12.8 Å². The van der Waals surface area contributed by atoms with E-state index in [9.17, 15) is 0 Å². The van der Waals surface area contributed by atoms with Gasteiger partial charge in [0.05, 0.1) is 6.61 Å². The first-order valence-electron chi connectivity index (χ1n) is 4.79. The number of hydrogen-bond acceptors (Lipinski definition) is 2. The molecule has 0 rings (SSSR count). The Morgan fingerprint density at radius 3 is 2.58 bits per heavy atom. The predicted octanol–water partition coefficient (Wildman–Crippen LogP) is 1.66. The molecule has 0 aliphatic carbocycles. The van der Waals surface area contributed by atoms with Crippen LogP contribution in [0.1, 0.15) is 26.2 Å². The Kier molecular flexibility index (Phi) is 8.51. The molecule has 0 aliphatic rings. The molecule has 72 valence electrons. The molecule has 0 amide bonds. The van der Waals surface area contributed by atoms with Gasteiger partial charge in [-0.15, -0.1) is 6.58 Å². The second-order valence-corrected chi connectivity index (χ2v) is 3.00. The van der Waals surface area contributed by atoms with Gasteiger partial charge in [-0.2, -0.15) is 0 Å². The van der Waals surface area contributed by atoms with Gasteiger partial charge in [0.15, 0.2) is 0 Å². The van der Waals surface area contributed by atoms with Crippen LogP contribution in [0.15, 0.2) is 12.7 Å². The Labute approximate surface area is 75.9 Å². The molecule has 12 heavy (non-hydrogen) atoms. The van der Waals surface area contributed by atoms with Crippen molar-refractivity contribution in [3.63, 3.8) is 0 Å². The van der Waals surface area contributed by atoms with Crippen molar-refractivity contribution in [3.05, 3.63) is 12.7 Å². The first-order chi connectivity index (χ1) is 5.85. The van der Waals surface area contributed by atoms with E-state index in [1.54, 1.807) is 0 Å². The Morgan fingerprint density at radius 2 is 2.08 bits per heavy atom. The second kappa shape index (κ2) is 8.75. The lowest BCUT2D eigenvalue weighted by Crippen LogP contribution is -2.28. The average molecular weight is 171 g/mol. The van der Waals surface area contributed by atoms with Crippen LogP contribution in [0.2, 0.25) is 0 Å². The Bertz CT molecular complexity index is 104. The van der Waals surface area contributed by atoms with Gasteiger partial charge >= 0.3 is 0 Å². The van der Waals surface area contributed by atoms with Crippen molar-refractivity contribution in [3.8, 4) is 0 Å². The van der Waals surface area contributed by atoms with Crippen molar-refractivity contribution in [1.29, 1.82) is 0 Å². The maximum atomic E-state index is 8.77. The molecule has 0 spiro atoms. The Balaban J connectivity index is 3.46. The predicted molar refractivity (Wildman–Crippen MR) is 53.2 cm³/mol. The molecule has 0 heterocycles. The summed E-state index contributed by atoms with van der Waals surface area (Å²) in [6.45, 7) is 9.07. The highest BCUT2D eigenvalue weighted by molar-refractivity contribution is 4.69. The summed E-state index contributed by atoms with van der Waals surface area (Å²) in [5.41, 5.74) is 0. The maximum Gasteiger partial charge on any atom is 0.0558 e. The quantitative estimate of drug-likeness (QED) is 0.561. The molecule has 0 aromatic heterocycles. The molecule has 0 atom stereocenters. The van der Waals surface area contributed by atoms with Crippen molar-refractivity contribution in [2.24, 2.45) is 0 Å². The van der Waals surface area contributed by atoms with E-state index < -0.39 is 0 Å². The number of hydrogen-bond donors (Lipinski definition) is 1. The van der Waals surface area contributed by atoms with Crippen LogP contribution in [0.4, 0.5) is 0 Å². The van der Waals surface area contributed by atoms with Crippen molar-refractivity contribution >= 4 is 0 Å². The maximum absolute atomic E-state index is 8.77. The summed E-state index contributed by atoms with van der Waals surface area (Å²) in [5, 5.41) is 8.77. The van der Waals surface area contributed by atoms with E-state index in [0.717, 1.165) is 26.1 Å². The number of nitrogens with zero attached hydrogens (tertiary/aromatic N) is 1. The third kappa shape index (κ3) is 6.38. The standard InChI is InChI=1S/C10H21NO/c1-3-5-7-11(9-10-12)8-6-4-2/h3,12H,1,4-10H2,2H3. The molecule has 0 aromatic rings. The molecule has 2 nitrogen and oxygen atoms in total. The van der Waals surface area contributed by atoms with E-state index >= 15 is 0 Å². The van der Waals surface area contributed by atoms with Crippen LogP contribution in [0.25, 0.3) is 0 Å². The minimum absolute atomic E-state index is 0.265. The van der Waals surface area contributed by atoms with Gasteiger partial charge in [-0.05, 0) is 19.4 Å². The van der Waals surface area contributed by atoms with Crippen LogP contribution in [-0.2, 0) is 0 Å². The fraction of sp³-hybridized carbons (Fsp3) is 0.800. The Hall–Kier alpha value is -0.340. The molecule has 0 bridgehead atoms. The molecule has 0 unspecified atom stereocenters. The summed E-state index contributed by atoms with van der Waals surface area (Å²) in [6.07, 6.45) is 5.38. The lowest BCUT2D eigenvalue weighted by Gasteiger charge is -2.19. The zero-order chi connectivity index (χ0) is 9.23. The molecular formula is C10H21NO. The average Bonchev–Trinajstić information content (AvgIpc) is 2.10. The fourth-order valence-corrected chi connectivity index (χ4v) is 1.13. The number of rotatable bonds is 8. The van der Waals surface area contributed by atoms with Gasteiger partial charge in [0, 0.05) is 13.1 Å². The first kappa shape index (κ1) is 11.7. The largest absolute Gasteiger partial charge is 0.395 e. The molecule has 1 N–H and O–H groups in total. The number of aliphatic hydroxyl groups is 1. The van der Waals surface area contributed by atoms with Crippen LogP contribution in [-0.4, -0.2) is 36.2 Å². The lowest BCUT2D eigenvalue weighted by molar-refractivity contribution is 0.196. The van der Waals surface area contributed by atoms with E-state index in [4.69, 9.17) is 5.11 Å². The Morgan fingerprint density at radius 1 is 1.33 bits per heavy atom. The third-order valence-corrected chi connectivity index (χ3v) is 1.89. The van der Waals surface area contributed by atoms with E-state index in [-0.39, 0.29) is 6.61 Å². The summed E-state index contributed by atoms with van der Waals surface area (Å²) in [4.78, 5) is 2.28. The van der Waals surface area contributed by atoms with Gasteiger partial charge in [0.25, 0.3) is 0 Å². The van der Waals surface area contributed by atoms with Crippen molar-refractivity contribution < 1.29 is 5.11 Å². The van der Waals surface area contributed by atoms with Crippen LogP contribution in [0.3, 0.4) is 0 Å². The molecule has 0 saturated heterocycles. The SMILES string of the molecule is C=CCCN(CCO)CCCC. The summed E-state index contributed by atoms with van der Waals surface area (Å²) in [7, 11) is 0. The summed E-state index contributed by atoms with van der Waals surface area (Å²) in [6, 6.07) is 0. The fourth-order valence-electron chi connectivity index (χ4n) is 1.13. The lowest BCUT2D eigenvalue weighted by atomic mass is 10.3. The van der Waals surface area contributed by atoms with Gasteiger partial charge < -0.3 is 10.0 Å². The van der Waals surface area contributed by atoms with Gasteiger partial charge in [-0.1, -0.05) is 19.4 Å². The molecule has 0 radical (unpaired) electrons. The molecule has 2 heteroatoms. The topological polar surface area (TPSA) is 23.5 Å². The molecule has 0 saturated carbocycles. The van der Waals surface area contributed by atoms with E-state index in [1.807, 2.05) is 6.08 Å². The second-order valence-electron chi connectivity index (χ2n) is 3.00. The molecule has 0 fully saturated rings. The summed E-state index contributed by atoms with van der Waals surface area (Å²) >= 11 is 0. The minimum Gasteiger partial charge on any atom is -0.395 e. The van der Waals surface area contributed by atoms with Gasteiger partial charge in [-0.25, -0.2) is 0 Å². The summed E-state index contributed by atoms with van der Waals surface area (Å²) in [5.74, 6) is 0. The van der Waals surface area contributed by atoms with Gasteiger partial charge in [0.2, 0.25) is 0 Å². The number of unbranched alkanes of at least 4 members (excludes halogenated alkanes) is 1. The molecule has 0 aromatic carbocycles. The third-order valence-electron chi connectivity index (χ3n) is 1.89. The zero-order valence-corrected chi connectivity index (χ0v) is 8.13. The van der Waals surface area contributed by atoms with Gasteiger partial charge in [0.1, 0.15) is 0 Å². The number of aliphatic hydroxyl groups excluding tert-OH is 1. The highest BCUT2D eigenvalue weighted by atomic mass is 16.3. The van der Waals surface area contributed by atoms with Crippen LogP contribution in [0, 0.1) is 0 Å². The highest BCUT2D eigenvalue weighted by Gasteiger charge is 2.00.